The lowest BCUT2D eigenvalue weighted by Crippen LogP contribution is -2.36. The Morgan fingerprint density at radius 1 is 1.19 bits per heavy atom. The highest BCUT2D eigenvalue weighted by Gasteiger charge is 2.34. The zero-order chi connectivity index (χ0) is 18.3. The molecule has 2 aromatic carbocycles. The average Bonchev–Trinajstić information content (AvgIpc) is 3.03. The van der Waals surface area contributed by atoms with Gasteiger partial charge in [0.25, 0.3) is 5.91 Å². The van der Waals surface area contributed by atoms with E-state index >= 15 is 0 Å². The molecule has 0 fully saturated rings. The van der Waals surface area contributed by atoms with Crippen molar-refractivity contribution < 1.29 is 9.59 Å². The summed E-state index contributed by atoms with van der Waals surface area (Å²) in [6, 6.07) is 13.5. The molecule has 0 saturated heterocycles. The number of anilines is 2. The fourth-order valence-corrected chi connectivity index (χ4v) is 3.97. The second-order valence-corrected chi connectivity index (χ2v) is 7.29. The summed E-state index contributed by atoms with van der Waals surface area (Å²) < 4.78 is 0. The van der Waals surface area contributed by atoms with E-state index in [0.717, 1.165) is 23.4 Å². The van der Waals surface area contributed by atoms with Crippen LogP contribution >= 0.6 is 0 Å². The van der Waals surface area contributed by atoms with Crippen LogP contribution in [0.25, 0.3) is 0 Å². The molecule has 1 atom stereocenters. The van der Waals surface area contributed by atoms with E-state index in [9.17, 15) is 9.59 Å². The monoisotopic (exact) mass is 349 g/mol. The fourth-order valence-electron chi connectivity index (χ4n) is 3.97. The van der Waals surface area contributed by atoms with Crippen LogP contribution in [0.3, 0.4) is 0 Å². The van der Waals surface area contributed by atoms with Gasteiger partial charge in [0.1, 0.15) is 0 Å². The molecule has 134 valence electrons. The summed E-state index contributed by atoms with van der Waals surface area (Å²) in [6.07, 6.45) is 0.725. The number of urea groups is 1. The van der Waals surface area contributed by atoms with Crippen molar-refractivity contribution >= 4 is 23.3 Å². The van der Waals surface area contributed by atoms with E-state index < -0.39 is 0 Å². The van der Waals surface area contributed by atoms with Crippen LogP contribution in [0.2, 0.25) is 0 Å². The number of fused-ring (bicyclic) bond motifs is 2. The number of hydrogen-bond donors (Lipinski definition) is 2. The van der Waals surface area contributed by atoms with E-state index in [-0.39, 0.29) is 11.9 Å². The first-order valence-electron chi connectivity index (χ1n) is 9.14. The Morgan fingerprint density at radius 3 is 2.81 bits per heavy atom. The van der Waals surface area contributed by atoms with Crippen LogP contribution in [0.1, 0.15) is 41.3 Å². The summed E-state index contributed by atoms with van der Waals surface area (Å²) in [5, 5.41) is 5.88. The second-order valence-electron chi connectivity index (χ2n) is 7.29. The van der Waals surface area contributed by atoms with Crippen molar-refractivity contribution in [3.05, 3.63) is 59.2 Å². The van der Waals surface area contributed by atoms with Gasteiger partial charge in [0.05, 0.1) is 0 Å². The van der Waals surface area contributed by atoms with Crippen molar-refractivity contribution in [1.82, 2.24) is 5.32 Å². The molecule has 4 rings (SSSR count). The Hall–Kier alpha value is -2.82. The molecule has 5 nitrogen and oxygen atoms in total. The molecule has 0 radical (unpaired) electrons. The number of nitrogens with one attached hydrogen (secondary N) is 2. The van der Waals surface area contributed by atoms with Crippen molar-refractivity contribution in [2.75, 3.05) is 23.3 Å². The van der Waals surface area contributed by atoms with Gasteiger partial charge in [0.15, 0.2) is 0 Å². The molecule has 2 aliphatic heterocycles. The third kappa shape index (κ3) is 2.73. The van der Waals surface area contributed by atoms with Gasteiger partial charge in [0, 0.05) is 35.9 Å². The van der Waals surface area contributed by atoms with Crippen LogP contribution in [0.5, 0.6) is 0 Å². The number of carbonyl (C=O) groups is 2. The lowest BCUT2D eigenvalue weighted by Gasteiger charge is -2.23. The van der Waals surface area contributed by atoms with E-state index in [1.54, 1.807) is 6.07 Å². The highest BCUT2D eigenvalue weighted by atomic mass is 16.2. The Balaban J connectivity index is 1.62. The van der Waals surface area contributed by atoms with E-state index in [1.807, 2.05) is 35.2 Å². The lowest BCUT2D eigenvalue weighted by atomic mass is 9.90. The van der Waals surface area contributed by atoms with E-state index in [1.165, 1.54) is 5.56 Å². The summed E-state index contributed by atoms with van der Waals surface area (Å²) in [4.78, 5) is 26.9. The number of rotatable bonds is 2. The molecule has 0 bridgehead atoms. The highest BCUT2D eigenvalue weighted by molar-refractivity contribution is 6.05. The van der Waals surface area contributed by atoms with Gasteiger partial charge in [-0.1, -0.05) is 38.1 Å². The Bertz CT molecular complexity index is 875. The molecule has 1 unspecified atom stereocenters. The minimum atomic E-state index is -0.139. The third-order valence-corrected chi connectivity index (χ3v) is 5.38. The van der Waals surface area contributed by atoms with Crippen LogP contribution in [-0.4, -0.2) is 25.0 Å². The van der Waals surface area contributed by atoms with Gasteiger partial charge in [-0.25, -0.2) is 4.79 Å². The van der Waals surface area contributed by atoms with Crippen molar-refractivity contribution in [3.63, 3.8) is 0 Å². The van der Waals surface area contributed by atoms with Crippen LogP contribution < -0.4 is 15.5 Å². The summed E-state index contributed by atoms with van der Waals surface area (Å²) >= 11 is 0. The SMILES string of the molecule is CC(C)C1CN(C(=O)Nc2cccc3c2CCNC3=O)c2ccccc21. The molecule has 0 saturated carbocycles. The molecule has 2 heterocycles. The zero-order valence-corrected chi connectivity index (χ0v) is 15.1. The Kier molecular flexibility index (Phi) is 4.15. The van der Waals surface area contributed by atoms with Crippen LogP contribution in [0, 0.1) is 5.92 Å². The van der Waals surface area contributed by atoms with Crippen LogP contribution in [0.4, 0.5) is 16.2 Å². The number of amides is 3. The highest BCUT2D eigenvalue weighted by Crippen LogP contribution is 2.40. The van der Waals surface area contributed by atoms with Gasteiger partial charge in [-0.05, 0) is 41.7 Å². The number of hydrogen-bond acceptors (Lipinski definition) is 2. The van der Waals surface area contributed by atoms with Crippen LogP contribution in [0.15, 0.2) is 42.5 Å². The molecule has 5 heteroatoms. The number of para-hydroxylation sites is 1. The van der Waals surface area contributed by atoms with Crippen molar-refractivity contribution in [2.45, 2.75) is 26.2 Å². The van der Waals surface area contributed by atoms with Crippen molar-refractivity contribution in [3.8, 4) is 0 Å². The maximum atomic E-state index is 13.0. The standard InChI is InChI=1S/C21H23N3O2/c1-13(2)17-12-24(19-9-4-3-6-15(17)19)21(26)23-18-8-5-7-16-14(18)10-11-22-20(16)25/h3-9,13,17H,10-12H2,1-2H3,(H,22,25)(H,23,26). The topological polar surface area (TPSA) is 61.4 Å². The fraction of sp³-hybridized carbons (Fsp3) is 0.333. The van der Waals surface area contributed by atoms with Crippen molar-refractivity contribution in [1.29, 1.82) is 0 Å². The van der Waals surface area contributed by atoms with Gasteiger partial charge < -0.3 is 10.6 Å². The first-order chi connectivity index (χ1) is 12.6. The maximum Gasteiger partial charge on any atom is 0.326 e. The second kappa shape index (κ2) is 6.48. The van der Waals surface area contributed by atoms with E-state index in [4.69, 9.17) is 0 Å². The van der Waals surface area contributed by atoms with Gasteiger partial charge in [-0.2, -0.15) is 0 Å². The molecule has 2 N–H and O–H groups in total. The molecule has 2 aromatic rings. The minimum Gasteiger partial charge on any atom is -0.352 e. The molecule has 0 spiro atoms. The summed E-state index contributed by atoms with van der Waals surface area (Å²) in [7, 11) is 0. The molecular formula is C21H23N3O2. The number of benzene rings is 2. The van der Waals surface area contributed by atoms with Gasteiger partial charge >= 0.3 is 6.03 Å². The summed E-state index contributed by atoms with van der Waals surface area (Å²) in [5.41, 5.74) is 4.50. The Labute approximate surface area is 153 Å². The first-order valence-corrected chi connectivity index (χ1v) is 9.14. The normalized spacial score (nSPS) is 18.3. The lowest BCUT2D eigenvalue weighted by molar-refractivity contribution is 0.0946. The largest absolute Gasteiger partial charge is 0.352 e. The van der Waals surface area contributed by atoms with Gasteiger partial charge in [-0.3, -0.25) is 9.69 Å². The van der Waals surface area contributed by atoms with Gasteiger partial charge in [0.2, 0.25) is 0 Å². The molecule has 3 amide bonds. The maximum absolute atomic E-state index is 13.0. The predicted molar refractivity (Wildman–Crippen MR) is 103 cm³/mol. The molecule has 0 aliphatic carbocycles. The molecule has 0 aromatic heterocycles. The number of carbonyl (C=O) groups excluding carboxylic acids is 2. The predicted octanol–water partition coefficient (Wildman–Crippen LogP) is 3.76. The zero-order valence-electron chi connectivity index (χ0n) is 15.1. The smallest absolute Gasteiger partial charge is 0.326 e. The van der Waals surface area contributed by atoms with E-state index in [2.05, 4.69) is 30.5 Å². The first kappa shape index (κ1) is 16.6. The van der Waals surface area contributed by atoms with Crippen LogP contribution in [-0.2, 0) is 6.42 Å². The molecule has 26 heavy (non-hydrogen) atoms. The van der Waals surface area contributed by atoms with E-state index in [0.29, 0.717) is 30.5 Å². The molecule has 2 aliphatic rings. The quantitative estimate of drug-likeness (QED) is 0.867. The van der Waals surface area contributed by atoms with Gasteiger partial charge in [-0.15, -0.1) is 0 Å². The van der Waals surface area contributed by atoms with Crippen molar-refractivity contribution in [2.24, 2.45) is 5.92 Å². The summed E-state index contributed by atoms with van der Waals surface area (Å²) in [5.74, 6) is 0.725. The molecular weight excluding hydrogens is 326 g/mol. The third-order valence-electron chi connectivity index (χ3n) is 5.38. The summed E-state index contributed by atoms with van der Waals surface area (Å²) in [6.45, 7) is 5.66. The number of nitrogens with zero attached hydrogens (tertiary/aromatic N) is 1. The minimum absolute atomic E-state index is 0.0752. The Morgan fingerprint density at radius 2 is 2.00 bits per heavy atom. The average molecular weight is 349 g/mol.